The van der Waals surface area contributed by atoms with Gasteiger partial charge in [0.2, 0.25) is 5.91 Å². The lowest BCUT2D eigenvalue weighted by Crippen LogP contribution is -2.25. The molecule has 15 heavy (non-hydrogen) atoms. The Morgan fingerprint density at radius 1 is 1.67 bits per heavy atom. The number of carbonyl (C=O) groups excluding carboxylic acids is 1. The second kappa shape index (κ2) is 4.77. The first-order valence-electron chi connectivity index (χ1n) is 4.89. The first-order valence-corrected chi connectivity index (χ1v) is 4.89. The minimum absolute atomic E-state index is 0.159. The van der Waals surface area contributed by atoms with Crippen molar-refractivity contribution in [2.45, 2.75) is 26.7 Å². The van der Waals surface area contributed by atoms with Gasteiger partial charge in [0.15, 0.2) is 0 Å². The molecule has 82 valence electrons. The highest BCUT2D eigenvalue weighted by molar-refractivity contribution is 5.86. The van der Waals surface area contributed by atoms with Gasteiger partial charge < -0.3 is 9.84 Å². The number of aryl methyl sites for hydroxylation is 2. The highest BCUT2D eigenvalue weighted by Crippen LogP contribution is 2.22. The van der Waals surface area contributed by atoms with Gasteiger partial charge >= 0.3 is 0 Å². The molecule has 1 amide bonds. The molecule has 1 aromatic rings. The summed E-state index contributed by atoms with van der Waals surface area (Å²) in [6.45, 7) is 9.76. The van der Waals surface area contributed by atoms with E-state index >= 15 is 0 Å². The molecule has 1 atom stereocenters. The Morgan fingerprint density at radius 2 is 2.33 bits per heavy atom. The van der Waals surface area contributed by atoms with Gasteiger partial charge in [0.25, 0.3) is 0 Å². The van der Waals surface area contributed by atoms with E-state index in [0.717, 1.165) is 17.0 Å². The smallest absolute Gasteiger partial charge is 0.243 e. The Labute approximate surface area is 89.3 Å². The van der Waals surface area contributed by atoms with E-state index in [9.17, 15) is 4.79 Å². The van der Waals surface area contributed by atoms with Crippen LogP contribution in [0.3, 0.4) is 0 Å². The molecular formula is C11H16N2O2. The van der Waals surface area contributed by atoms with Crippen molar-refractivity contribution in [3.8, 4) is 0 Å². The van der Waals surface area contributed by atoms with Crippen LogP contribution in [0.25, 0.3) is 0 Å². The number of nitrogens with one attached hydrogen (secondary N) is 1. The topological polar surface area (TPSA) is 55.1 Å². The molecule has 1 aromatic heterocycles. The average Bonchev–Trinajstić information content (AvgIpc) is 2.54. The highest BCUT2D eigenvalue weighted by Gasteiger charge is 2.16. The fourth-order valence-electron chi connectivity index (χ4n) is 1.62. The molecule has 0 aliphatic carbocycles. The molecule has 0 aliphatic rings. The van der Waals surface area contributed by atoms with Gasteiger partial charge in [0.1, 0.15) is 5.76 Å². The van der Waals surface area contributed by atoms with Crippen molar-refractivity contribution >= 4 is 5.91 Å². The zero-order chi connectivity index (χ0) is 11.4. The summed E-state index contributed by atoms with van der Waals surface area (Å²) in [4.78, 5) is 11.0. The van der Waals surface area contributed by atoms with Gasteiger partial charge in [-0.05, 0) is 19.9 Å². The predicted molar refractivity (Wildman–Crippen MR) is 57.6 cm³/mol. The van der Waals surface area contributed by atoms with E-state index in [1.807, 2.05) is 20.8 Å². The Balaban J connectivity index is 2.65. The summed E-state index contributed by atoms with van der Waals surface area (Å²) < 4.78 is 5.07. The highest BCUT2D eigenvalue weighted by atomic mass is 16.5. The van der Waals surface area contributed by atoms with Gasteiger partial charge in [-0.2, -0.15) is 0 Å². The summed E-state index contributed by atoms with van der Waals surface area (Å²) in [5, 5.41) is 6.63. The molecule has 1 heterocycles. The zero-order valence-corrected chi connectivity index (χ0v) is 9.33. The standard InChI is InChI=1S/C11H16N2O2/c1-5-10(14)12-6-7(2)11-8(3)13-15-9(11)4/h5,7H,1,6H2,2-4H3,(H,12,14). The molecule has 0 radical (unpaired) electrons. The Kier molecular flexibility index (Phi) is 3.66. The summed E-state index contributed by atoms with van der Waals surface area (Å²) in [5.41, 5.74) is 1.95. The van der Waals surface area contributed by atoms with E-state index in [1.165, 1.54) is 6.08 Å². The Hall–Kier alpha value is -1.58. The van der Waals surface area contributed by atoms with Crippen molar-refractivity contribution in [2.75, 3.05) is 6.54 Å². The predicted octanol–water partition coefficient (Wildman–Crippen LogP) is 1.70. The fraction of sp³-hybridized carbons (Fsp3) is 0.455. The van der Waals surface area contributed by atoms with E-state index < -0.39 is 0 Å². The maximum Gasteiger partial charge on any atom is 0.243 e. The van der Waals surface area contributed by atoms with Crippen molar-refractivity contribution in [2.24, 2.45) is 0 Å². The van der Waals surface area contributed by atoms with Crippen molar-refractivity contribution in [1.29, 1.82) is 0 Å². The van der Waals surface area contributed by atoms with Crippen molar-refractivity contribution in [1.82, 2.24) is 10.5 Å². The van der Waals surface area contributed by atoms with Crippen molar-refractivity contribution in [3.05, 3.63) is 29.7 Å². The number of amides is 1. The number of hydrogen-bond acceptors (Lipinski definition) is 3. The van der Waals surface area contributed by atoms with Crippen LogP contribution in [0, 0.1) is 13.8 Å². The van der Waals surface area contributed by atoms with Crippen LogP contribution in [0.15, 0.2) is 17.2 Å². The van der Waals surface area contributed by atoms with E-state index in [1.54, 1.807) is 0 Å². The van der Waals surface area contributed by atoms with Gasteiger partial charge in [-0.1, -0.05) is 18.7 Å². The SMILES string of the molecule is C=CC(=O)NCC(C)c1c(C)noc1C. The van der Waals surface area contributed by atoms with Crippen LogP contribution in [-0.4, -0.2) is 17.6 Å². The first-order chi connectivity index (χ1) is 7.06. The molecule has 0 fully saturated rings. The zero-order valence-electron chi connectivity index (χ0n) is 9.33. The molecule has 0 bridgehead atoms. The van der Waals surface area contributed by atoms with Crippen LogP contribution >= 0.6 is 0 Å². The van der Waals surface area contributed by atoms with Crippen LogP contribution in [0.1, 0.15) is 29.9 Å². The lowest BCUT2D eigenvalue weighted by atomic mass is 9.99. The van der Waals surface area contributed by atoms with Crippen LogP contribution in [0.2, 0.25) is 0 Å². The minimum Gasteiger partial charge on any atom is -0.361 e. The monoisotopic (exact) mass is 208 g/mol. The van der Waals surface area contributed by atoms with Gasteiger partial charge in [-0.25, -0.2) is 0 Å². The maximum atomic E-state index is 11.0. The largest absolute Gasteiger partial charge is 0.361 e. The second-order valence-electron chi connectivity index (χ2n) is 3.59. The third-order valence-corrected chi connectivity index (χ3v) is 2.35. The van der Waals surface area contributed by atoms with Crippen molar-refractivity contribution in [3.63, 3.8) is 0 Å². The summed E-state index contributed by atoms with van der Waals surface area (Å²) in [5.74, 6) is 0.849. The summed E-state index contributed by atoms with van der Waals surface area (Å²) in [7, 11) is 0. The van der Waals surface area contributed by atoms with Crippen LogP contribution in [0.4, 0.5) is 0 Å². The normalized spacial score (nSPS) is 12.2. The summed E-state index contributed by atoms with van der Waals surface area (Å²) in [6.07, 6.45) is 1.26. The third kappa shape index (κ3) is 2.68. The molecular weight excluding hydrogens is 192 g/mol. The molecule has 0 spiro atoms. The number of nitrogens with zero attached hydrogens (tertiary/aromatic N) is 1. The minimum atomic E-state index is -0.159. The molecule has 1 N–H and O–H groups in total. The van der Waals surface area contributed by atoms with Gasteiger partial charge in [0.05, 0.1) is 5.69 Å². The summed E-state index contributed by atoms with van der Waals surface area (Å²) >= 11 is 0. The maximum absolute atomic E-state index is 11.0. The van der Waals surface area contributed by atoms with Crippen molar-refractivity contribution < 1.29 is 9.32 Å². The van der Waals surface area contributed by atoms with Crippen LogP contribution in [-0.2, 0) is 4.79 Å². The number of aromatic nitrogens is 1. The van der Waals surface area contributed by atoms with Gasteiger partial charge in [0, 0.05) is 18.0 Å². The second-order valence-corrected chi connectivity index (χ2v) is 3.59. The molecule has 1 unspecified atom stereocenters. The molecule has 4 nitrogen and oxygen atoms in total. The van der Waals surface area contributed by atoms with E-state index in [0.29, 0.717) is 6.54 Å². The molecule has 4 heteroatoms. The molecule has 0 aromatic carbocycles. The van der Waals surface area contributed by atoms with Gasteiger partial charge in [-0.15, -0.1) is 0 Å². The van der Waals surface area contributed by atoms with E-state index in [2.05, 4.69) is 17.1 Å². The average molecular weight is 208 g/mol. The molecule has 0 aliphatic heterocycles. The van der Waals surface area contributed by atoms with Crippen LogP contribution < -0.4 is 5.32 Å². The third-order valence-electron chi connectivity index (χ3n) is 2.35. The molecule has 0 saturated carbocycles. The van der Waals surface area contributed by atoms with Crippen LogP contribution in [0.5, 0.6) is 0 Å². The quantitative estimate of drug-likeness (QED) is 0.766. The fourth-order valence-corrected chi connectivity index (χ4v) is 1.62. The number of rotatable bonds is 4. The Morgan fingerprint density at radius 3 is 2.80 bits per heavy atom. The lowest BCUT2D eigenvalue weighted by Gasteiger charge is -2.11. The first kappa shape index (κ1) is 11.5. The number of hydrogen-bond donors (Lipinski definition) is 1. The van der Waals surface area contributed by atoms with Gasteiger partial charge in [-0.3, -0.25) is 4.79 Å². The summed E-state index contributed by atoms with van der Waals surface area (Å²) in [6, 6.07) is 0. The van der Waals surface area contributed by atoms with E-state index in [-0.39, 0.29) is 11.8 Å². The molecule has 0 saturated heterocycles. The molecule has 1 rings (SSSR count). The number of carbonyl (C=O) groups is 1. The van der Waals surface area contributed by atoms with E-state index in [4.69, 9.17) is 4.52 Å². The Bertz CT molecular complexity index is 349. The lowest BCUT2D eigenvalue weighted by molar-refractivity contribution is -0.116.